The number of piperidine rings is 1. The summed E-state index contributed by atoms with van der Waals surface area (Å²) in [6.45, 7) is 2.70. The fourth-order valence-corrected chi connectivity index (χ4v) is 4.58. The molecule has 3 heterocycles. The van der Waals surface area contributed by atoms with Crippen LogP contribution in [-0.4, -0.2) is 50.7 Å². The fourth-order valence-electron chi connectivity index (χ4n) is 4.58. The van der Waals surface area contributed by atoms with Crippen molar-refractivity contribution in [3.63, 3.8) is 0 Å². The van der Waals surface area contributed by atoms with Gasteiger partial charge in [0, 0.05) is 30.9 Å². The maximum atomic E-state index is 13.5. The van der Waals surface area contributed by atoms with E-state index in [9.17, 15) is 14.9 Å². The fraction of sp³-hybridized carbons (Fsp3) is 0.207. The molecule has 2 aromatic carbocycles. The van der Waals surface area contributed by atoms with Gasteiger partial charge in [-0.1, -0.05) is 24.3 Å². The zero-order chi connectivity index (χ0) is 26.5. The molecule has 9 nitrogen and oxygen atoms in total. The van der Waals surface area contributed by atoms with Gasteiger partial charge in [0.2, 0.25) is 0 Å². The Hall–Kier alpha value is -4.97. The van der Waals surface area contributed by atoms with E-state index in [1.165, 1.54) is 12.4 Å². The molecule has 1 saturated heterocycles. The van der Waals surface area contributed by atoms with E-state index in [4.69, 9.17) is 4.74 Å². The number of amides is 1. The van der Waals surface area contributed by atoms with Gasteiger partial charge in [-0.2, -0.15) is 5.26 Å². The molecule has 2 N–H and O–H groups in total. The molecule has 1 unspecified atom stereocenters. The number of rotatable bonds is 7. The molecular weight excluding hydrogens is 480 g/mol. The van der Waals surface area contributed by atoms with Gasteiger partial charge in [-0.15, -0.1) is 0 Å². The number of aromatic amines is 1. The second-order valence-electron chi connectivity index (χ2n) is 8.97. The van der Waals surface area contributed by atoms with Crippen LogP contribution in [0.4, 0.5) is 5.82 Å². The lowest BCUT2D eigenvalue weighted by Gasteiger charge is -2.33. The summed E-state index contributed by atoms with van der Waals surface area (Å²) in [4.78, 5) is 39.6. The van der Waals surface area contributed by atoms with Crippen molar-refractivity contribution >= 4 is 28.5 Å². The number of nitrogens with zero attached hydrogens (tertiary/aromatic N) is 4. The number of H-pyrrole nitrogens is 1. The van der Waals surface area contributed by atoms with Gasteiger partial charge in [-0.05, 0) is 56.2 Å². The van der Waals surface area contributed by atoms with E-state index < -0.39 is 0 Å². The van der Waals surface area contributed by atoms with Crippen LogP contribution in [0.15, 0.2) is 78.8 Å². The van der Waals surface area contributed by atoms with Crippen molar-refractivity contribution in [3.8, 4) is 17.6 Å². The predicted octanol–water partition coefficient (Wildman–Crippen LogP) is 4.85. The molecule has 190 valence electrons. The Morgan fingerprint density at radius 1 is 1.13 bits per heavy atom. The minimum absolute atomic E-state index is 0.0881. The first kappa shape index (κ1) is 24.7. The lowest BCUT2D eigenvalue weighted by atomic mass is 10.0. The molecule has 0 aliphatic carbocycles. The second kappa shape index (κ2) is 11.0. The van der Waals surface area contributed by atoms with E-state index in [1.807, 2.05) is 36.4 Å². The highest BCUT2D eigenvalue weighted by atomic mass is 16.5. The first-order valence-electron chi connectivity index (χ1n) is 12.4. The van der Waals surface area contributed by atoms with Crippen LogP contribution in [0, 0.1) is 11.3 Å². The number of para-hydroxylation sites is 1. The molecule has 0 bridgehead atoms. The molecule has 5 rings (SSSR count). The first-order valence-corrected chi connectivity index (χ1v) is 12.4. The summed E-state index contributed by atoms with van der Waals surface area (Å²) in [5.41, 5.74) is 1.63. The molecule has 9 heteroatoms. The van der Waals surface area contributed by atoms with E-state index >= 15 is 0 Å². The topological polar surface area (TPSA) is 124 Å². The van der Waals surface area contributed by atoms with E-state index in [0.29, 0.717) is 52.6 Å². The standard InChI is InChI=1S/C29H26N6O3/c1-2-19(15-30)29(37)35-14-6-7-21(17-35)34-28-25-24(16-31-27(25)32-18-33-28)26(36)20-10-12-23(13-11-20)38-22-8-4-3-5-9-22/h2-5,8-13,16,18,21H,6-7,14,17H2,1H3,(H2,31,32,33,34)/b19-2+. The summed E-state index contributed by atoms with van der Waals surface area (Å²) in [5, 5.41) is 13.2. The maximum absolute atomic E-state index is 13.5. The highest BCUT2D eigenvalue weighted by Gasteiger charge is 2.27. The zero-order valence-corrected chi connectivity index (χ0v) is 20.8. The quantitative estimate of drug-likeness (QED) is 0.208. The third-order valence-corrected chi connectivity index (χ3v) is 6.50. The lowest BCUT2D eigenvalue weighted by Crippen LogP contribution is -2.45. The number of nitrogens with one attached hydrogen (secondary N) is 2. The van der Waals surface area contributed by atoms with E-state index in [2.05, 4.69) is 20.3 Å². The number of ketones is 1. The summed E-state index contributed by atoms with van der Waals surface area (Å²) < 4.78 is 5.84. The average molecular weight is 507 g/mol. The first-order chi connectivity index (χ1) is 18.6. The van der Waals surface area contributed by atoms with Crippen LogP contribution in [0.1, 0.15) is 35.7 Å². The molecule has 1 atom stereocenters. The Labute approximate surface area is 219 Å². The van der Waals surface area contributed by atoms with Crippen molar-refractivity contribution in [1.82, 2.24) is 19.9 Å². The summed E-state index contributed by atoms with van der Waals surface area (Å²) >= 11 is 0. The van der Waals surface area contributed by atoms with E-state index in [1.54, 1.807) is 42.3 Å². The summed E-state index contributed by atoms with van der Waals surface area (Å²) in [7, 11) is 0. The molecule has 0 spiro atoms. The van der Waals surface area contributed by atoms with Gasteiger partial charge < -0.3 is 19.9 Å². The van der Waals surface area contributed by atoms with Gasteiger partial charge in [0.1, 0.15) is 40.9 Å². The molecule has 1 aliphatic heterocycles. The van der Waals surface area contributed by atoms with Crippen LogP contribution in [0.25, 0.3) is 11.0 Å². The van der Waals surface area contributed by atoms with Gasteiger partial charge in [0.25, 0.3) is 5.91 Å². The molecule has 0 radical (unpaired) electrons. The largest absolute Gasteiger partial charge is 0.457 e. The maximum Gasteiger partial charge on any atom is 0.264 e. The third-order valence-electron chi connectivity index (χ3n) is 6.50. The molecular formula is C29H26N6O3. The third kappa shape index (κ3) is 5.11. The monoisotopic (exact) mass is 506 g/mol. The number of anilines is 1. The van der Waals surface area contributed by atoms with Gasteiger partial charge in [0.15, 0.2) is 5.78 Å². The number of hydrogen-bond donors (Lipinski definition) is 2. The smallest absolute Gasteiger partial charge is 0.264 e. The number of carbonyl (C=O) groups is 2. The van der Waals surface area contributed by atoms with Gasteiger partial charge in [0.05, 0.1) is 10.9 Å². The number of hydrogen-bond acceptors (Lipinski definition) is 7. The Morgan fingerprint density at radius 2 is 1.89 bits per heavy atom. The second-order valence-corrected chi connectivity index (χ2v) is 8.97. The minimum atomic E-state index is -0.272. The van der Waals surface area contributed by atoms with Crippen LogP contribution >= 0.6 is 0 Å². The number of carbonyl (C=O) groups excluding carboxylic acids is 2. The van der Waals surface area contributed by atoms with Gasteiger partial charge in [-0.25, -0.2) is 9.97 Å². The molecule has 38 heavy (non-hydrogen) atoms. The number of ether oxygens (including phenoxy) is 1. The number of fused-ring (bicyclic) bond motifs is 1. The molecule has 1 aliphatic rings. The van der Waals surface area contributed by atoms with Crippen LogP contribution < -0.4 is 10.1 Å². The lowest BCUT2D eigenvalue weighted by molar-refractivity contribution is -0.127. The van der Waals surface area contributed by atoms with Crippen molar-refractivity contribution in [2.45, 2.75) is 25.8 Å². The number of benzene rings is 2. The van der Waals surface area contributed by atoms with Crippen LogP contribution in [0.2, 0.25) is 0 Å². The normalized spacial score (nSPS) is 15.6. The summed E-state index contributed by atoms with van der Waals surface area (Å²) in [5.74, 6) is 1.42. The van der Waals surface area contributed by atoms with Crippen molar-refractivity contribution in [3.05, 3.63) is 89.9 Å². The molecule has 4 aromatic rings. The van der Waals surface area contributed by atoms with Crippen LogP contribution in [-0.2, 0) is 4.79 Å². The van der Waals surface area contributed by atoms with E-state index in [0.717, 1.165) is 12.8 Å². The van der Waals surface area contributed by atoms with Gasteiger partial charge >= 0.3 is 0 Å². The van der Waals surface area contributed by atoms with Crippen molar-refractivity contribution in [2.75, 3.05) is 18.4 Å². The minimum Gasteiger partial charge on any atom is -0.457 e. The SMILES string of the molecule is C/C=C(\C#N)C(=O)N1CCCC(Nc2ncnc3[nH]cc(C(=O)c4ccc(Oc5ccccc5)cc4)c23)C1. The highest BCUT2D eigenvalue weighted by molar-refractivity contribution is 6.18. The number of aromatic nitrogens is 3. The Balaban J connectivity index is 1.36. The number of nitriles is 1. The Kier molecular flexibility index (Phi) is 7.13. The highest BCUT2D eigenvalue weighted by Crippen LogP contribution is 2.28. The molecule has 2 aromatic heterocycles. The summed E-state index contributed by atoms with van der Waals surface area (Å²) in [6.07, 6.45) is 6.22. The van der Waals surface area contributed by atoms with Crippen LogP contribution in [0.5, 0.6) is 11.5 Å². The number of allylic oxidation sites excluding steroid dienone is 1. The van der Waals surface area contributed by atoms with E-state index in [-0.39, 0.29) is 23.3 Å². The summed E-state index contributed by atoms with van der Waals surface area (Å²) in [6, 6.07) is 18.3. The Morgan fingerprint density at radius 3 is 2.63 bits per heavy atom. The number of likely N-dealkylation sites (tertiary alicyclic amines) is 1. The average Bonchev–Trinajstić information content (AvgIpc) is 3.40. The predicted molar refractivity (Wildman–Crippen MR) is 143 cm³/mol. The van der Waals surface area contributed by atoms with Crippen molar-refractivity contribution in [1.29, 1.82) is 5.26 Å². The Bertz CT molecular complexity index is 1540. The van der Waals surface area contributed by atoms with Gasteiger partial charge in [-0.3, -0.25) is 9.59 Å². The molecule has 1 amide bonds. The van der Waals surface area contributed by atoms with Crippen molar-refractivity contribution < 1.29 is 14.3 Å². The van der Waals surface area contributed by atoms with Crippen LogP contribution in [0.3, 0.4) is 0 Å². The van der Waals surface area contributed by atoms with Crippen molar-refractivity contribution in [2.24, 2.45) is 0 Å². The zero-order valence-electron chi connectivity index (χ0n) is 20.8. The molecule has 0 saturated carbocycles. The molecule has 1 fully saturated rings.